The second kappa shape index (κ2) is 36.0. The molecule has 6 unspecified atom stereocenters. The molecular formula is C39H84N4O6. The predicted molar refractivity (Wildman–Crippen MR) is 205 cm³/mol. The monoisotopic (exact) mass is 705 g/mol. The predicted octanol–water partition coefficient (Wildman–Crippen LogP) is 4.47. The Balaban J connectivity index is 4.97. The van der Waals surface area contributed by atoms with Gasteiger partial charge in [0.05, 0.1) is 38.1 Å². The highest BCUT2D eigenvalue weighted by molar-refractivity contribution is 4.79. The quantitative estimate of drug-likeness (QED) is 0.0418. The van der Waals surface area contributed by atoms with E-state index in [2.05, 4.69) is 36.7 Å². The van der Waals surface area contributed by atoms with Crippen LogP contribution in [0, 0.1) is 0 Å². The van der Waals surface area contributed by atoms with E-state index in [4.69, 9.17) is 0 Å². The number of aliphatic hydroxyl groups is 6. The second-order valence-electron chi connectivity index (χ2n) is 14.7. The van der Waals surface area contributed by atoms with E-state index in [0.29, 0.717) is 19.6 Å². The van der Waals surface area contributed by atoms with Gasteiger partial charge < -0.3 is 46.6 Å². The van der Waals surface area contributed by atoms with Gasteiger partial charge in [0.15, 0.2) is 0 Å². The summed E-state index contributed by atoms with van der Waals surface area (Å²) in [5.41, 5.74) is 0. The summed E-state index contributed by atoms with van der Waals surface area (Å²) in [6, 6.07) is -0.200. The maximum Gasteiger partial charge on any atom is 0.0791 e. The highest BCUT2D eigenvalue weighted by atomic mass is 16.3. The van der Waals surface area contributed by atoms with E-state index in [0.717, 1.165) is 57.8 Å². The molecule has 0 amide bonds. The van der Waals surface area contributed by atoms with Gasteiger partial charge in [-0.2, -0.15) is 0 Å². The lowest BCUT2D eigenvalue weighted by Crippen LogP contribution is -2.50. The Bertz CT molecular complexity index is 581. The molecule has 10 nitrogen and oxygen atoms in total. The van der Waals surface area contributed by atoms with Gasteiger partial charge >= 0.3 is 0 Å². The Morgan fingerprint density at radius 2 is 0.633 bits per heavy atom. The molecule has 0 radical (unpaired) electrons. The molecule has 0 aromatic rings. The number of aliphatic hydroxyl groups excluding tert-OH is 6. The minimum absolute atomic E-state index is 0.0235. The molecule has 0 aliphatic rings. The van der Waals surface area contributed by atoms with Crippen LogP contribution in [0.15, 0.2) is 0 Å². The van der Waals surface area contributed by atoms with Gasteiger partial charge in [-0.25, -0.2) is 0 Å². The molecule has 296 valence electrons. The lowest BCUT2D eigenvalue weighted by atomic mass is 10.1. The summed E-state index contributed by atoms with van der Waals surface area (Å²) in [5, 5.41) is 72.5. The molecule has 0 fully saturated rings. The zero-order chi connectivity index (χ0) is 36.4. The van der Waals surface area contributed by atoms with Crippen LogP contribution in [0.1, 0.15) is 156 Å². The summed E-state index contributed by atoms with van der Waals surface area (Å²) < 4.78 is 0. The second-order valence-corrected chi connectivity index (χ2v) is 14.7. The first-order chi connectivity index (χ1) is 23.8. The van der Waals surface area contributed by atoms with Gasteiger partial charge in [0, 0.05) is 57.4 Å². The van der Waals surface area contributed by atoms with Crippen LogP contribution in [0.4, 0.5) is 0 Å². The van der Waals surface area contributed by atoms with E-state index in [-0.39, 0.29) is 57.6 Å². The van der Waals surface area contributed by atoms with E-state index >= 15 is 0 Å². The molecular weight excluding hydrogens is 620 g/mol. The van der Waals surface area contributed by atoms with Crippen LogP contribution in [-0.4, -0.2) is 131 Å². The summed E-state index contributed by atoms with van der Waals surface area (Å²) in [4.78, 5) is 1.90. The van der Waals surface area contributed by atoms with Crippen molar-refractivity contribution >= 4 is 0 Å². The molecule has 0 heterocycles. The fraction of sp³-hybridized carbons (Fsp3) is 1.00. The van der Waals surface area contributed by atoms with E-state index in [9.17, 15) is 30.6 Å². The van der Waals surface area contributed by atoms with Crippen molar-refractivity contribution in [3.63, 3.8) is 0 Å². The smallest absolute Gasteiger partial charge is 0.0791 e. The summed E-state index contributed by atoms with van der Waals surface area (Å²) >= 11 is 0. The third-order valence-electron chi connectivity index (χ3n) is 9.71. The van der Waals surface area contributed by atoms with Crippen LogP contribution < -0.4 is 16.0 Å². The van der Waals surface area contributed by atoms with Gasteiger partial charge in [0.2, 0.25) is 0 Å². The molecule has 9 N–H and O–H groups in total. The largest absolute Gasteiger partial charge is 0.395 e. The van der Waals surface area contributed by atoms with Gasteiger partial charge in [0.25, 0.3) is 0 Å². The molecule has 0 aliphatic carbocycles. The standard InChI is InChI=1S/C39H84N4O6/c1-4-7-10-13-16-19-22-34(31-44)40-25-37(47)28-43(29-38(48)26-41-35(32-45)23-20-17-14-11-8-5-2)30-39(49)27-42-36(33-46)24-21-18-15-12-9-6-3/h34-42,44-49H,4-33H2,1-3H3. The Morgan fingerprint density at radius 3 is 0.878 bits per heavy atom. The molecule has 49 heavy (non-hydrogen) atoms. The number of hydrogen-bond acceptors (Lipinski definition) is 10. The van der Waals surface area contributed by atoms with Gasteiger partial charge in [0.1, 0.15) is 0 Å². The van der Waals surface area contributed by atoms with Crippen LogP contribution in [-0.2, 0) is 0 Å². The van der Waals surface area contributed by atoms with Crippen molar-refractivity contribution in [3.05, 3.63) is 0 Å². The molecule has 0 aliphatic heterocycles. The fourth-order valence-electron chi connectivity index (χ4n) is 6.51. The maximum atomic E-state index is 11.0. The van der Waals surface area contributed by atoms with Gasteiger partial charge in [-0.3, -0.25) is 4.90 Å². The Morgan fingerprint density at radius 1 is 0.388 bits per heavy atom. The first-order valence-corrected chi connectivity index (χ1v) is 20.6. The van der Waals surface area contributed by atoms with Crippen molar-refractivity contribution in [3.8, 4) is 0 Å². The zero-order valence-corrected chi connectivity index (χ0v) is 32.3. The Kier molecular flexibility index (Phi) is 35.7. The first kappa shape index (κ1) is 48.6. The summed E-state index contributed by atoms with van der Waals surface area (Å²) in [6.45, 7) is 8.44. The van der Waals surface area contributed by atoms with Crippen molar-refractivity contribution < 1.29 is 30.6 Å². The molecule has 10 heteroatoms. The normalized spacial score (nSPS) is 15.8. The van der Waals surface area contributed by atoms with Crippen LogP contribution in [0.25, 0.3) is 0 Å². The third kappa shape index (κ3) is 30.9. The number of rotatable bonds is 39. The molecule has 0 bridgehead atoms. The minimum Gasteiger partial charge on any atom is -0.395 e. The average molecular weight is 705 g/mol. The van der Waals surface area contributed by atoms with Crippen molar-refractivity contribution in [1.29, 1.82) is 0 Å². The number of nitrogens with one attached hydrogen (secondary N) is 3. The molecule has 0 saturated carbocycles. The number of unbranched alkanes of at least 4 members (excludes halogenated alkanes) is 15. The summed E-state index contributed by atoms with van der Waals surface area (Å²) in [6.07, 6.45) is 21.8. The van der Waals surface area contributed by atoms with Crippen LogP contribution in [0.2, 0.25) is 0 Å². The first-order valence-electron chi connectivity index (χ1n) is 20.6. The molecule has 0 aromatic carbocycles. The number of hydrogen-bond donors (Lipinski definition) is 9. The fourth-order valence-corrected chi connectivity index (χ4v) is 6.51. The van der Waals surface area contributed by atoms with Crippen molar-refractivity contribution in [2.45, 2.75) is 192 Å². The van der Waals surface area contributed by atoms with Crippen LogP contribution in [0.3, 0.4) is 0 Å². The highest BCUT2D eigenvalue weighted by Gasteiger charge is 2.21. The minimum atomic E-state index is -0.741. The Hall–Kier alpha value is -0.400. The third-order valence-corrected chi connectivity index (χ3v) is 9.71. The molecule has 0 rings (SSSR count). The zero-order valence-electron chi connectivity index (χ0n) is 32.3. The van der Waals surface area contributed by atoms with E-state index < -0.39 is 18.3 Å². The highest BCUT2D eigenvalue weighted by Crippen LogP contribution is 2.11. The summed E-state index contributed by atoms with van der Waals surface area (Å²) in [5.74, 6) is 0. The van der Waals surface area contributed by atoms with E-state index in [1.54, 1.807) is 0 Å². The lowest BCUT2D eigenvalue weighted by Gasteiger charge is -2.31. The van der Waals surface area contributed by atoms with E-state index in [1.165, 1.54) is 77.0 Å². The average Bonchev–Trinajstić information content (AvgIpc) is 3.09. The Labute approximate surface area is 302 Å². The van der Waals surface area contributed by atoms with Crippen molar-refractivity contribution in [2.75, 3.05) is 59.1 Å². The van der Waals surface area contributed by atoms with E-state index in [1.807, 2.05) is 4.90 Å². The maximum absolute atomic E-state index is 11.0. The van der Waals surface area contributed by atoms with Gasteiger partial charge in [-0.15, -0.1) is 0 Å². The van der Waals surface area contributed by atoms with Crippen LogP contribution in [0.5, 0.6) is 0 Å². The van der Waals surface area contributed by atoms with Gasteiger partial charge in [-0.05, 0) is 19.3 Å². The molecule has 0 saturated heterocycles. The summed E-state index contributed by atoms with van der Waals surface area (Å²) in [7, 11) is 0. The topological polar surface area (TPSA) is 161 Å². The number of nitrogens with zero attached hydrogens (tertiary/aromatic N) is 1. The van der Waals surface area contributed by atoms with Crippen molar-refractivity contribution in [2.24, 2.45) is 0 Å². The SMILES string of the molecule is CCCCCCCCC(CO)NCC(O)CN(CC(O)CNC(CO)CCCCCCCC)CC(O)CNC(CO)CCCCCCCC. The van der Waals surface area contributed by atoms with Crippen molar-refractivity contribution in [1.82, 2.24) is 20.9 Å². The lowest BCUT2D eigenvalue weighted by molar-refractivity contribution is 0.0344. The van der Waals surface area contributed by atoms with Crippen LogP contribution >= 0.6 is 0 Å². The molecule has 6 atom stereocenters. The van der Waals surface area contributed by atoms with Gasteiger partial charge in [-0.1, -0.05) is 136 Å². The molecule has 0 aromatic heterocycles. The molecule has 0 spiro atoms.